The van der Waals surface area contributed by atoms with E-state index in [0.717, 1.165) is 34.4 Å². The van der Waals surface area contributed by atoms with Crippen LogP contribution < -0.4 is 11.2 Å². The van der Waals surface area contributed by atoms with Crippen LogP contribution in [-0.4, -0.2) is 26.6 Å². The molecule has 0 fully saturated rings. The molecule has 1 aliphatic heterocycles. The minimum Gasteiger partial charge on any atom is -0.375 e. The molecule has 0 aliphatic carbocycles. The van der Waals surface area contributed by atoms with E-state index in [9.17, 15) is 0 Å². The molecule has 0 radical (unpaired) electrons. The maximum Gasteiger partial charge on any atom is 0.184 e. The molecule has 20 heavy (non-hydrogen) atoms. The summed E-state index contributed by atoms with van der Waals surface area (Å²) in [5.74, 6) is 1.04. The first-order valence-electron chi connectivity index (χ1n) is 6.13. The Morgan fingerprint density at radius 2 is 2.25 bits per heavy atom. The molecule has 2 heterocycles. The molecule has 0 bridgehead atoms. The van der Waals surface area contributed by atoms with Crippen molar-refractivity contribution in [3.8, 4) is 11.3 Å². The first-order valence-corrected chi connectivity index (χ1v) is 7.52. The van der Waals surface area contributed by atoms with Crippen molar-refractivity contribution in [2.24, 2.45) is 10.8 Å². The highest BCUT2D eigenvalue weighted by Crippen LogP contribution is 2.32. The van der Waals surface area contributed by atoms with Gasteiger partial charge < -0.3 is 10.3 Å². The lowest BCUT2D eigenvalue weighted by Gasteiger charge is -2.03. The monoisotopic (exact) mass is 303 g/mol. The van der Waals surface area contributed by atoms with Crippen molar-refractivity contribution in [1.82, 2.24) is 15.0 Å². The topological polar surface area (TPSA) is 68.2 Å². The van der Waals surface area contributed by atoms with Crippen molar-refractivity contribution in [3.63, 3.8) is 0 Å². The molecule has 102 valence electrons. The van der Waals surface area contributed by atoms with Gasteiger partial charge in [0.15, 0.2) is 10.3 Å². The number of benzene rings is 1. The van der Waals surface area contributed by atoms with E-state index in [0.29, 0.717) is 0 Å². The highest BCUT2D eigenvalue weighted by molar-refractivity contribution is 7.99. The van der Waals surface area contributed by atoms with Crippen LogP contribution in [0.15, 0.2) is 40.6 Å². The Bertz CT molecular complexity index is 663. The zero-order valence-electron chi connectivity index (χ0n) is 10.6. The summed E-state index contributed by atoms with van der Waals surface area (Å²) < 4.78 is 2.16. The van der Waals surface area contributed by atoms with E-state index < -0.39 is 0 Å². The van der Waals surface area contributed by atoms with E-state index in [1.54, 1.807) is 18.0 Å². The summed E-state index contributed by atoms with van der Waals surface area (Å²) in [6.45, 7) is 0.939. The minimum atomic E-state index is 0.151. The molecule has 0 amide bonds. The quantitative estimate of drug-likeness (QED) is 0.514. The van der Waals surface area contributed by atoms with E-state index in [1.165, 1.54) is 0 Å². The molecule has 0 spiro atoms. The van der Waals surface area contributed by atoms with Gasteiger partial charge in [0, 0.05) is 17.9 Å². The Balaban J connectivity index is 2.02. The van der Waals surface area contributed by atoms with Gasteiger partial charge in [0.1, 0.15) is 0 Å². The third-order valence-corrected chi connectivity index (χ3v) is 3.97. The van der Waals surface area contributed by atoms with Crippen molar-refractivity contribution in [2.75, 3.05) is 5.75 Å². The highest BCUT2D eigenvalue weighted by Gasteiger charge is 2.21. The Kier molecular flexibility index (Phi) is 3.70. The lowest BCUT2D eigenvalue weighted by atomic mass is 10.1. The predicted molar refractivity (Wildman–Crippen MR) is 85.9 cm³/mol. The number of nitrogens with zero attached hydrogens (tertiary/aromatic N) is 3. The molecule has 3 rings (SSSR count). The van der Waals surface area contributed by atoms with Gasteiger partial charge in [0.05, 0.1) is 17.6 Å². The highest BCUT2D eigenvalue weighted by atomic mass is 32.2. The molecule has 2 aromatic rings. The molecule has 1 aliphatic rings. The third kappa shape index (κ3) is 2.54. The second-order valence-corrected chi connectivity index (χ2v) is 5.73. The summed E-state index contributed by atoms with van der Waals surface area (Å²) in [6.07, 6.45) is 1.73. The Labute approximate surface area is 126 Å². The average molecular weight is 303 g/mol. The molecule has 1 aromatic carbocycles. The Morgan fingerprint density at radius 1 is 1.45 bits per heavy atom. The molecule has 0 atom stereocenters. The number of aromatic nitrogens is 2. The van der Waals surface area contributed by atoms with Crippen molar-refractivity contribution in [1.29, 1.82) is 0 Å². The second-order valence-electron chi connectivity index (χ2n) is 4.23. The van der Waals surface area contributed by atoms with Gasteiger partial charge in [-0.25, -0.2) is 4.98 Å². The number of thioether (sulfide) groups is 1. The summed E-state index contributed by atoms with van der Waals surface area (Å²) in [5.41, 5.74) is 10.9. The molecule has 0 saturated heterocycles. The van der Waals surface area contributed by atoms with E-state index >= 15 is 0 Å². The van der Waals surface area contributed by atoms with E-state index in [-0.39, 0.29) is 5.11 Å². The van der Waals surface area contributed by atoms with Crippen LogP contribution in [0.3, 0.4) is 0 Å². The largest absolute Gasteiger partial charge is 0.375 e. The van der Waals surface area contributed by atoms with Gasteiger partial charge in [-0.05, 0) is 12.2 Å². The number of hydrazone groups is 1. The van der Waals surface area contributed by atoms with E-state index in [2.05, 4.69) is 15.1 Å². The first kappa shape index (κ1) is 13.1. The summed E-state index contributed by atoms with van der Waals surface area (Å²) >= 11 is 6.50. The van der Waals surface area contributed by atoms with E-state index in [4.69, 9.17) is 22.9 Å². The van der Waals surface area contributed by atoms with Gasteiger partial charge >= 0.3 is 0 Å². The number of hydrogen-bond donors (Lipinski definition) is 2. The van der Waals surface area contributed by atoms with Crippen LogP contribution in [0, 0.1) is 0 Å². The summed E-state index contributed by atoms with van der Waals surface area (Å²) in [7, 11) is 0. The summed E-state index contributed by atoms with van der Waals surface area (Å²) in [5, 5.41) is 5.25. The standard InChI is InChI=1S/C13H13N5S2/c14-12(19)17-15-8-10-11(9-4-2-1-3-5-9)16-13-18(10)6-7-20-13/h1-5,8H,6-7H2,(H3,14,17,19). The normalized spacial score (nSPS) is 13.6. The number of rotatable bonds is 3. The number of imidazole rings is 1. The molecule has 7 heteroatoms. The number of nitrogens with one attached hydrogen (secondary N) is 1. The fourth-order valence-electron chi connectivity index (χ4n) is 2.09. The van der Waals surface area contributed by atoms with Gasteiger partial charge in [-0.15, -0.1) is 0 Å². The van der Waals surface area contributed by atoms with Crippen molar-refractivity contribution in [2.45, 2.75) is 11.7 Å². The van der Waals surface area contributed by atoms with Gasteiger partial charge in [0.25, 0.3) is 0 Å². The zero-order valence-corrected chi connectivity index (χ0v) is 12.2. The molecular weight excluding hydrogens is 290 g/mol. The number of hydrogen-bond acceptors (Lipinski definition) is 4. The third-order valence-electron chi connectivity index (χ3n) is 2.93. The Hall–Kier alpha value is -1.86. The first-order chi connectivity index (χ1) is 9.75. The van der Waals surface area contributed by atoms with Crippen LogP contribution in [-0.2, 0) is 6.54 Å². The minimum absolute atomic E-state index is 0.151. The average Bonchev–Trinajstić information content (AvgIpc) is 3.01. The van der Waals surface area contributed by atoms with Crippen molar-refractivity contribution in [3.05, 3.63) is 36.0 Å². The lowest BCUT2D eigenvalue weighted by molar-refractivity contribution is 0.715. The van der Waals surface area contributed by atoms with Crippen LogP contribution >= 0.6 is 24.0 Å². The van der Waals surface area contributed by atoms with Crippen molar-refractivity contribution < 1.29 is 0 Å². The SMILES string of the molecule is NC(=S)NN=Cc1c(-c2ccccc2)nc2n1CCS2. The predicted octanol–water partition coefficient (Wildman–Crippen LogP) is 1.82. The van der Waals surface area contributed by atoms with Gasteiger partial charge in [-0.2, -0.15) is 5.10 Å². The number of nitrogens with two attached hydrogens (primary N) is 1. The second kappa shape index (κ2) is 5.64. The molecule has 0 unspecified atom stereocenters. The smallest absolute Gasteiger partial charge is 0.184 e. The van der Waals surface area contributed by atoms with Crippen LogP contribution in [0.1, 0.15) is 5.69 Å². The summed E-state index contributed by atoms with van der Waals surface area (Å²) in [4.78, 5) is 4.70. The maximum absolute atomic E-state index is 5.37. The molecular formula is C13H13N5S2. The van der Waals surface area contributed by atoms with Gasteiger partial charge in [0.2, 0.25) is 0 Å². The van der Waals surface area contributed by atoms with E-state index in [1.807, 2.05) is 30.3 Å². The Morgan fingerprint density at radius 3 is 3.00 bits per heavy atom. The van der Waals surface area contributed by atoms with Crippen LogP contribution in [0.4, 0.5) is 0 Å². The molecule has 5 nitrogen and oxygen atoms in total. The lowest BCUT2D eigenvalue weighted by Crippen LogP contribution is -2.24. The maximum atomic E-state index is 5.37. The van der Waals surface area contributed by atoms with Crippen LogP contribution in [0.2, 0.25) is 0 Å². The van der Waals surface area contributed by atoms with Crippen LogP contribution in [0.25, 0.3) is 11.3 Å². The van der Waals surface area contributed by atoms with Gasteiger partial charge in [-0.1, -0.05) is 42.1 Å². The van der Waals surface area contributed by atoms with Crippen LogP contribution in [0.5, 0.6) is 0 Å². The number of thiocarbonyl (C=S) groups is 1. The molecule has 1 aromatic heterocycles. The zero-order chi connectivity index (χ0) is 13.9. The van der Waals surface area contributed by atoms with Gasteiger partial charge in [-0.3, -0.25) is 5.43 Å². The van der Waals surface area contributed by atoms with Crippen molar-refractivity contribution >= 4 is 35.3 Å². The number of fused-ring (bicyclic) bond motifs is 1. The fourth-order valence-corrected chi connectivity index (χ4v) is 3.11. The molecule has 0 saturated carbocycles. The summed E-state index contributed by atoms with van der Waals surface area (Å²) in [6, 6.07) is 10.1. The molecule has 3 N–H and O–H groups in total. The fraction of sp³-hybridized carbons (Fsp3) is 0.154.